The smallest absolute Gasteiger partial charge is 0.0591 e. The van der Waals surface area contributed by atoms with Crippen LogP contribution < -0.4 is 16.2 Å². The highest BCUT2D eigenvalue weighted by Gasteiger charge is 1.91. The molecule has 0 bridgehead atoms. The molecule has 0 saturated carbocycles. The molecule has 3 heteroatoms. The molecule has 0 amide bonds. The zero-order chi connectivity index (χ0) is 7.98. The summed E-state index contributed by atoms with van der Waals surface area (Å²) in [4.78, 5) is 0. The summed E-state index contributed by atoms with van der Waals surface area (Å²) >= 11 is 0. The minimum absolute atomic E-state index is 0.494. The Balaban J connectivity index is 2.91. The van der Waals surface area contributed by atoms with Gasteiger partial charge in [0, 0.05) is 12.1 Å². The molecular formula is C7H19N3. The Bertz CT molecular complexity index is 61.3. The second-order valence-corrected chi connectivity index (χ2v) is 3.01. The third-order valence-corrected chi connectivity index (χ3v) is 0.989. The van der Waals surface area contributed by atoms with Gasteiger partial charge in [0.2, 0.25) is 0 Å². The maximum Gasteiger partial charge on any atom is 0.0591 e. The van der Waals surface area contributed by atoms with Crippen LogP contribution in [0.5, 0.6) is 0 Å². The Labute approximate surface area is 63.5 Å². The lowest BCUT2D eigenvalue weighted by Gasteiger charge is -2.12. The van der Waals surface area contributed by atoms with Crippen molar-refractivity contribution in [3.05, 3.63) is 0 Å². The first-order valence-electron chi connectivity index (χ1n) is 3.84. The zero-order valence-electron chi connectivity index (χ0n) is 7.36. The van der Waals surface area contributed by atoms with Crippen LogP contribution in [0.3, 0.4) is 0 Å². The Morgan fingerprint density at radius 1 is 1.00 bits per heavy atom. The van der Waals surface area contributed by atoms with E-state index in [4.69, 9.17) is 0 Å². The van der Waals surface area contributed by atoms with Crippen LogP contribution in [0.4, 0.5) is 0 Å². The van der Waals surface area contributed by atoms with Gasteiger partial charge in [0.15, 0.2) is 0 Å². The van der Waals surface area contributed by atoms with Crippen molar-refractivity contribution in [1.82, 2.24) is 16.2 Å². The lowest BCUT2D eigenvalue weighted by Crippen LogP contribution is -2.44. The first-order chi connectivity index (χ1) is 4.63. The SMILES string of the molecule is CC(C)NCNNC(C)C. The standard InChI is InChI=1S/C7H19N3/c1-6(2)8-5-9-10-7(3)4/h6-10H,5H2,1-4H3. The number of hydrogen-bond acceptors (Lipinski definition) is 3. The molecule has 0 aromatic heterocycles. The van der Waals surface area contributed by atoms with Crippen LogP contribution >= 0.6 is 0 Å². The molecule has 0 heterocycles. The van der Waals surface area contributed by atoms with Gasteiger partial charge in [-0.05, 0) is 27.7 Å². The first-order valence-corrected chi connectivity index (χ1v) is 3.84. The van der Waals surface area contributed by atoms with Crippen LogP contribution in [0.1, 0.15) is 27.7 Å². The van der Waals surface area contributed by atoms with Crippen molar-refractivity contribution < 1.29 is 0 Å². The highest BCUT2D eigenvalue weighted by atomic mass is 15.4. The minimum atomic E-state index is 0.494. The molecule has 0 saturated heterocycles. The summed E-state index contributed by atoms with van der Waals surface area (Å²) in [5.41, 5.74) is 6.14. The van der Waals surface area contributed by atoms with E-state index in [1.165, 1.54) is 0 Å². The molecular weight excluding hydrogens is 126 g/mol. The number of hydrogen-bond donors (Lipinski definition) is 3. The summed E-state index contributed by atoms with van der Waals surface area (Å²) in [5.74, 6) is 0. The fraction of sp³-hybridized carbons (Fsp3) is 1.00. The fourth-order valence-corrected chi connectivity index (χ4v) is 0.510. The highest BCUT2D eigenvalue weighted by Crippen LogP contribution is 1.72. The molecule has 0 rings (SSSR count). The number of nitrogens with one attached hydrogen (secondary N) is 3. The van der Waals surface area contributed by atoms with Crippen LogP contribution in [0.2, 0.25) is 0 Å². The largest absolute Gasteiger partial charge is 0.301 e. The molecule has 0 spiro atoms. The molecule has 0 aliphatic rings. The average molecular weight is 145 g/mol. The van der Waals surface area contributed by atoms with E-state index in [9.17, 15) is 0 Å². The molecule has 0 aromatic carbocycles. The summed E-state index contributed by atoms with van der Waals surface area (Å²) in [6, 6.07) is 1.04. The van der Waals surface area contributed by atoms with Crippen LogP contribution in [-0.2, 0) is 0 Å². The van der Waals surface area contributed by atoms with Crippen LogP contribution in [0, 0.1) is 0 Å². The van der Waals surface area contributed by atoms with E-state index in [2.05, 4.69) is 43.9 Å². The van der Waals surface area contributed by atoms with Crippen molar-refractivity contribution in [3.8, 4) is 0 Å². The van der Waals surface area contributed by atoms with Gasteiger partial charge in [0.05, 0.1) is 6.67 Å². The van der Waals surface area contributed by atoms with Crippen LogP contribution in [0.15, 0.2) is 0 Å². The predicted molar refractivity (Wildman–Crippen MR) is 44.5 cm³/mol. The Morgan fingerprint density at radius 2 is 1.60 bits per heavy atom. The van der Waals surface area contributed by atoms with Crippen molar-refractivity contribution in [3.63, 3.8) is 0 Å². The normalized spacial score (nSPS) is 11.4. The van der Waals surface area contributed by atoms with Crippen LogP contribution in [0.25, 0.3) is 0 Å². The molecule has 0 aliphatic heterocycles. The second-order valence-electron chi connectivity index (χ2n) is 3.01. The van der Waals surface area contributed by atoms with Gasteiger partial charge in [-0.2, -0.15) is 0 Å². The van der Waals surface area contributed by atoms with E-state index in [1.54, 1.807) is 0 Å². The van der Waals surface area contributed by atoms with Gasteiger partial charge in [-0.15, -0.1) is 0 Å². The molecule has 0 aromatic rings. The van der Waals surface area contributed by atoms with Gasteiger partial charge in [0.1, 0.15) is 0 Å². The maximum atomic E-state index is 3.23. The lowest BCUT2D eigenvalue weighted by molar-refractivity contribution is 0.426. The molecule has 3 nitrogen and oxygen atoms in total. The molecule has 0 radical (unpaired) electrons. The molecule has 3 N–H and O–H groups in total. The van der Waals surface area contributed by atoms with Gasteiger partial charge >= 0.3 is 0 Å². The van der Waals surface area contributed by atoms with Crippen molar-refractivity contribution in [2.45, 2.75) is 39.8 Å². The van der Waals surface area contributed by atoms with E-state index >= 15 is 0 Å². The van der Waals surface area contributed by atoms with Crippen molar-refractivity contribution >= 4 is 0 Å². The molecule has 0 aliphatic carbocycles. The summed E-state index contributed by atoms with van der Waals surface area (Å²) < 4.78 is 0. The molecule has 0 atom stereocenters. The van der Waals surface area contributed by atoms with Gasteiger partial charge in [-0.25, -0.2) is 5.43 Å². The van der Waals surface area contributed by atoms with E-state index in [0.717, 1.165) is 6.67 Å². The Kier molecular flexibility index (Phi) is 5.58. The third kappa shape index (κ3) is 7.88. The number of hydrazine groups is 1. The van der Waals surface area contributed by atoms with E-state index < -0.39 is 0 Å². The molecule has 0 fully saturated rings. The average Bonchev–Trinajstić information content (AvgIpc) is 1.79. The maximum absolute atomic E-state index is 3.23. The summed E-state index contributed by atoms with van der Waals surface area (Å²) in [5, 5.41) is 3.23. The second kappa shape index (κ2) is 5.65. The monoisotopic (exact) mass is 145 g/mol. The van der Waals surface area contributed by atoms with Crippen molar-refractivity contribution in [2.24, 2.45) is 0 Å². The van der Waals surface area contributed by atoms with Gasteiger partial charge in [-0.1, -0.05) is 0 Å². The summed E-state index contributed by atoms with van der Waals surface area (Å²) in [6.07, 6.45) is 0. The topological polar surface area (TPSA) is 36.1 Å². The van der Waals surface area contributed by atoms with E-state index in [1.807, 2.05) is 0 Å². The predicted octanol–water partition coefficient (Wildman–Crippen LogP) is 0.444. The van der Waals surface area contributed by atoms with Crippen molar-refractivity contribution in [1.29, 1.82) is 0 Å². The molecule has 62 valence electrons. The Morgan fingerprint density at radius 3 is 2.00 bits per heavy atom. The van der Waals surface area contributed by atoms with E-state index in [-0.39, 0.29) is 0 Å². The summed E-state index contributed by atoms with van der Waals surface area (Å²) in [6.45, 7) is 9.26. The number of rotatable bonds is 5. The van der Waals surface area contributed by atoms with Gasteiger partial charge in [-0.3, -0.25) is 5.43 Å². The van der Waals surface area contributed by atoms with Crippen LogP contribution in [-0.4, -0.2) is 18.8 Å². The van der Waals surface area contributed by atoms with Gasteiger partial charge in [0.25, 0.3) is 0 Å². The van der Waals surface area contributed by atoms with E-state index in [0.29, 0.717) is 12.1 Å². The summed E-state index contributed by atoms with van der Waals surface area (Å²) in [7, 11) is 0. The Hall–Kier alpha value is -0.120. The quantitative estimate of drug-likeness (QED) is 0.298. The fourth-order valence-electron chi connectivity index (χ4n) is 0.510. The lowest BCUT2D eigenvalue weighted by atomic mass is 10.4. The first kappa shape index (κ1) is 9.88. The third-order valence-electron chi connectivity index (χ3n) is 0.989. The minimum Gasteiger partial charge on any atom is -0.301 e. The zero-order valence-corrected chi connectivity index (χ0v) is 7.36. The highest BCUT2D eigenvalue weighted by molar-refractivity contribution is 4.50. The molecule has 0 unspecified atom stereocenters. The van der Waals surface area contributed by atoms with Gasteiger partial charge < -0.3 is 5.32 Å². The molecule has 10 heavy (non-hydrogen) atoms. The van der Waals surface area contributed by atoms with Crippen molar-refractivity contribution in [2.75, 3.05) is 6.67 Å².